The molecule has 2 aromatic heterocycles. The van der Waals surface area contributed by atoms with Gasteiger partial charge in [0.15, 0.2) is 5.82 Å². The van der Waals surface area contributed by atoms with Gasteiger partial charge in [-0.2, -0.15) is 8.78 Å². The topological polar surface area (TPSA) is 220 Å². The minimum absolute atomic E-state index is 0.0521. The number of hydrogen-bond donors (Lipinski definition) is 5. The molecule has 1 unspecified atom stereocenters. The lowest BCUT2D eigenvalue weighted by Gasteiger charge is -2.24. The first-order chi connectivity index (χ1) is 31.6. The summed E-state index contributed by atoms with van der Waals surface area (Å²) < 4.78 is 79.5. The lowest BCUT2D eigenvalue weighted by Crippen LogP contribution is -2.53. The summed E-state index contributed by atoms with van der Waals surface area (Å²) in [7, 11) is 0. The number of aliphatic hydroxyl groups is 1. The zero-order valence-electron chi connectivity index (χ0n) is 37.8. The van der Waals surface area contributed by atoms with Crippen LogP contribution in [0.2, 0.25) is 0 Å². The zero-order valence-corrected chi connectivity index (χ0v) is 37.8. The fourth-order valence-electron chi connectivity index (χ4n) is 6.95. The highest BCUT2D eigenvalue weighted by molar-refractivity contribution is 6.06. The van der Waals surface area contributed by atoms with E-state index in [0.717, 1.165) is 5.39 Å². The molecule has 0 bridgehead atoms. The summed E-state index contributed by atoms with van der Waals surface area (Å²) in [5, 5.41) is 19.5. The number of carbonyl (C=O) groups is 5. The number of fused-ring (bicyclic) bond motifs is 3. The number of nitrogen functional groups attached to an aromatic ring is 1. The molecule has 0 aliphatic rings. The van der Waals surface area contributed by atoms with Crippen LogP contribution in [0.25, 0.3) is 21.9 Å². The number of esters is 1. The van der Waals surface area contributed by atoms with E-state index in [0.29, 0.717) is 33.6 Å². The van der Waals surface area contributed by atoms with Gasteiger partial charge in [-0.15, -0.1) is 0 Å². The molecular formula is C46H53F5N8O8. The maximum absolute atomic E-state index is 13.8. The van der Waals surface area contributed by atoms with Crippen molar-refractivity contribution in [3.63, 3.8) is 0 Å². The number of aromatic nitrogens is 3. The number of ether oxygens (including phenoxy) is 2. The number of imidazole rings is 1. The van der Waals surface area contributed by atoms with Crippen LogP contribution in [0.5, 0.6) is 5.75 Å². The molecule has 67 heavy (non-hydrogen) atoms. The van der Waals surface area contributed by atoms with Crippen LogP contribution in [0.1, 0.15) is 85.0 Å². The van der Waals surface area contributed by atoms with E-state index in [-0.39, 0.29) is 63.7 Å². The molecule has 5 aromatic rings. The van der Waals surface area contributed by atoms with E-state index in [4.69, 9.17) is 15.5 Å². The molecule has 0 fully saturated rings. The van der Waals surface area contributed by atoms with E-state index in [1.165, 1.54) is 11.8 Å². The molecule has 5 rings (SSSR count). The Labute approximate surface area is 382 Å². The molecule has 0 saturated heterocycles. The van der Waals surface area contributed by atoms with E-state index in [1.54, 1.807) is 58.9 Å². The van der Waals surface area contributed by atoms with Gasteiger partial charge >= 0.3 is 12.1 Å². The van der Waals surface area contributed by atoms with E-state index >= 15 is 0 Å². The van der Waals surface area contributed by atoms with Gasteiger partial charge in [-0.3, -0.25) is 19.2 Å². The van der Waals surface area contributed by atoms with Gasteiger partial charge in [0, 0.05) is 30.5 Å². The fourth-order valence-corrected chi connectivity index (χ4v) is 6.95. The van der Waals surface area contributed by atoms with Crippen LogP contribution < -0.4 is 26.4 Å². The standard InChI is InChI=1S/C46H53F5N8O8/c1-7-58(21-30-56-39-40(59(30)23-46(5,6)65)28-13-11-12-14-29(28)55-42(39)52)45(64)66-22-26-17-19-27(20-18-26)54-43(62)25(4)53-44(63)38(24(2)3)57-31(60)15-9-8-10-16-32(61)67-41-36(50)34(48)33(47)35(49)37(41)51/h11-14,17-20,24-25,38,65H,7-10,15-16,21-23H2,1-6H3,(H2,52,55)(H,53,63)(H,54,62)(H,57,60)/t25-,38?/m0/s1. The molecule has 6 N–H and O–H groups in total. The van der Waals surface area contributed by atoms with Crippen molar-refractivity contribution in [3.8, 4) is 5.75 Å². The number of carbonyl (C=O) groups excluding carboxylic acids is 5. The third kappa shape index (κ3) is 12.9. The van der Waals surface area contributed by atoms with Gasteiger partial charge < -0.3 is 45.7 Å². The van der Waals surface area contributed by atoms with Crippen LogP contribution in [0.15, 0.2) is 48.5 Å². The zero-order chi connectivity index (χ0) is 49.3. The summed E-state index contributed by atoms with van der Waals surface area (Å²) in [6.07, 6.45) is -0.620. The highest BCUT2D eigenvalue weighted by atomic mass is 19.2. The van der Waals surface area contributed by atoms with E-state index < -0.39 is 88.7 Å². The Balaban J connectivity index is 1.07. The van der Waals surface area contributed by atoms with Gasteiger partial charge in [0.2, 0.25) is 52.6 Å². The number of pyridine rings is 1. The van der Waals surface area contributed by atoms with Gasteiger partial charge in [-0.25, -0.2) is 27.9 Å². The number of hydrogen-bond acceptors (Lipinski definition) is 11. The molecule has 0 saturated carbocycles. The molecule has 16 nitrogen and oxygen atoms in total. The Morgan fingerprint density at radius 2 is 1.46 bits per heavy atom. The minimum Gasteiger partial charge on any atom is -0.445 e. The molecular weight excluding hydrogens is 888 g/mol. The van der Waals surface area contributed by atoms with Crippen molar-refractivity contribution in [2.45, 2.75) is 111 Å². The van der Waals surface area contributed by atoms with E-state index in [2.05, 4.69) is 25.7 Å². The Morgan fingerprint density at radius 3 is 2.09 bits per heavy atom. The normalized spacial score (nSPS) is 12.5. The van der Waals surface area contributed by atoms with Gasteiger partial charge in [0.1, 0.15) is 30.0 Å². The highest BCUT2D eigenvalue weighted by Gasteiger charge is 2.30. The van der Waals surface area contributed by atoms with Crippen molar-refractivity contribution in [2.24, 2.45) is 5.92 Å². The quantitative estimate of drug-likeness (QED) is 0.0135. The van der Waals surface area contributed by atoms with E-state index in [1.807, 2.05) is 28.8 Å². The molecule has 0 radical (unpaired) electrons. The third-order valence-electron chi connectivity index (χ3n) is 10.5. The number of nitrogens with two attached hydrogens (primary N) is 1. The Bertz CT molecular complexity index is 2610. The van der Waals surface area contributed by atoms with Gasteiger partial charge in [0.05, 0.1) is 29.7 Å². The first kappa shape index (κ1) is 51.1. The highest BCUT2D eigenvalue weighted by Crippen LogP contribution is 2.32. The summed E-state index contributed by atoms with van der Waals surface area (Å²) >= 11 is 0. The third-order valence-corrected chi connectivity index (χ3v) is 10.5. The maximum atomic E-state index is 13.8. The summed E-state index contributed by atoms with van der Waals surface area (Å²) in [6.45, 7) is 10.4. The number of rotatable bonds is 20. The molecule has 0 aliphatic carbocycles. The fraction of sp³-hybridized carbons (Fsp3) is 0.413. The number of nitrogens with one attached hydrogen (secondary N) is 3. The van der Waals surface area contributed by atoms with Crippen molar-refractivity contribution in [1.29, 1.82) is 0 Å². The number of nitrogens with zero attached hydrogens (tertiary/aromatic N) is 4. The molecule has 2 heterocycles. The number of unbranched alkanes of at least 4 members (excludes halogenated alkanes) is 2. The average Bonchev–Trinajstić information content (AvgIpc) is 3.63. The second kappa shape index (κ2) is 22.1. The lowest BCUT2D eigenvalue weighted by atomic mass is 10.0. The van der Waals surface area contributed by atoms with Gasteiger partial charge in [-0.05, 0) is 70.2 Å². The molecule has 21 heteroatoms. The second-order valence-corrected chi connectivity index (χ2v) is 16.8. The summed E-state index contributed by atoms with van der Waals surface area (Å²) in [5.41, 5.74) is 8.01. The number of halogens is 5. The Kier molecular flexibility index (Phi) is 16.8. The van der Waals surface area contributed by atoms with Crippen molar-refractivity contribution in [1.82, 2.24) is 30.1 Å². The Hall–Kier alpha value is -6.90. The van der Waals surface area contributed by atoms with Crippen LogP contribution in [0.3, 0.4) is 0 Å². The van der Waals surface area contributed by atoms with Crippen molar-refractivity contribution in [2.75, 3.05) is 17.6 Å². The molecule has 0 spiro atoms. The average molecular weight is 941 g/mol. The molecule has 4 amide bonds. The summed E-state index contributed by atoms with van der Waals surface area (Å²) in [5.74, 6) is -15.8. The van der Waals surface area contributed by atoms with Crippen molar-refractivity contribution < 1.29 is 60.5 Å². The van der Waals surface area contributed by atoms with Crippen LogP contribution in [0.4, 0.5) is 38.3 Å². The molecule has 2 atom stereocenters. The van der Waals surface area contributed by atoms with Crippen LogP contribution in [0, 0.1) is 35.0 Å². The van der Waals surface area contributed by atoms with Crippen molar-refractivity contribution >= 4 is 63.2 Å². The monoisotopic (exact) mass is 940 g/mol. The van der Waals surface area contributed by atoms with Crippen molar-refractivity contribution in [3.05, 3.63) is 89.0 Å². The number of amides is 4. The van der Waals surface area contributed by atoms with E-state index in [9.17, 15) is 51.0 Å². The van der Waals surface area contributed by atoms with Gasteiger partial charge in [0.25, 0.3) is 0 Å². The predicted octanol–water partition coefficient (Wildman–Crippen LogP) is 6.93. The minimum atomic E-state index is -2.39. The summed E-state index contributed by atoms with van der Waals surface area (Å²) in [4.78, 5) is 75.0. The van der Waals surface area contributed by atoms with Crippen LogP contribution in [-0.4, -0.2) is 78.6 Å². The summed E-state index contributed by atoms with van der Waals surface area (Å²) in [6, 6.07) is 11.9. The SMILES string of the molecule is CCN(Cc1nc2c(N)nc3ccccc3c2n1CC(C)(C)O)C(=O)OCc1ccc(NC(=O)[C@H](C)NC(=O)C(NC(=O)CCCCCC(=O)Oc2c(F)c(F)c(F)c(F)c2F)C(C)C)cc1. The van der Waals surface area contributed by atoms with Crippen LogP contribution >= 0.6 is 0 Å². The maximum Gasteiger partial charge on any atom is 0.410 e. The predicted molar refractivity (Wildman–Crippen MR) is 236 cm³/mol. The first-order valence-electron chi connectivity index (χ1n) is 21.5. The second-order valence-electron chi connectivity index (χ2n) is 16.8. The van der Waals surface area contributed by atoms with Crippen LogP contribution in [-0.2, 0) is 43.6 Å². The number of benzene rings is 3. The lowest BCUT2D eigenvalue weighted by molar-refractivity contribution is -0.135. The molecule has 360 valence electrons. The largest absolute Gasteiger partial charge is 0.445 e. The number of anilines is 2. The molecule has 0 aliphatic heterocycles. The molecule has 3 aromatic carbocycles. The first-order valence-corrected chi connectivity index (χ1v) is 21.5. The number of para-hydroxylation sites is 1. The van der Waals surface area contributed by atoms with Gasteiger partial charge in [-0.1, -0.05) is 50.6 Å². The Morgan fingerprint density at radius 1 is 0.836 bits per heavy atom. The smallest absolute Gasteiger partial charge is 0.410 e.